The van der Waals surface area contributed by atoms with Gasteiger partial charge in [-0.1, -0.05) is 36.7 Å². The summed E-state index contributed by atoms with van der Waals surface area (Å²) in [5, 5.41) is 10.4. The van der Waals surface area contributed by atoms with E-state index in [9.17, 15) is 9.50 Å². The predicted molar refractivity (Wildman–Crippen MR) is 73.9 cm³/mol. The van der Waals surface area contributed by atoms with Gasteiger partial charge in [0.05, 0.1) is 6.10 Å². The van der Waals surface area contributed by atoms with E-state index in [0.29, 0.717) is 6.61 Å². The van der Waals surface area contributed by atoms with E-state index >= 15 is 0 Å². The number of hydrogen-bond acceptors (Lipinski definition) is 2. The third-order valence-electron chi connectivity index (χ3n) is 2.76. The predicted octanol–water partition coefficient (Wildman–Crippen LogP) is 4.07. The first-order valence-electron chi connectivity index (χ1n) is 6.02. The molecule has 2 unspecified atom stereocenters. The third-order valence-corrected chi connectivity index (χ3v) is 3.26. The molecule has 0 amide bonds. The van der Waals surface area contributed by atoms with Gasteiger partial charge in [-0.15, -0.1) is 0 Å². The van der Waals surface area contributed by atoms with Crippen LogP contribution in [-0.4, -0.2) is 17.8 Å². The van der Waals surface area contributed by atoms with E-state index in [1.807, 2.05) is 27.7 Å². The molecular weight excluding hydrogens is 299 g/mol. The van der Waals surface area contributed by atoms with Crippen LogP contribution in [0.25, 0.3) is 0 Å². The van der Waals surface area contributed by atoms with E-state index in [1.165, 1.54) is 6.07 Å². The molecule has 0 aromatic heterocycles. The summed E-state index contributed by atoms with van der Waals surface area (Å²) in [5.41, 5.74) is -0.0118. The minimum absolute atomic E-state index is 0.262. The van der Waals surface area contributed by atoms with E-state index in [2.05, 4.69) is 15.9 Å². The molecule has 1 aromatic carbocycles. The van der Waals surface area contributed by atoms with Crippen molar-refractivity contribution < 1.29 is 14.2 Å². The van der Waals surface area contributed by atoms with Gasteiger partial charge in [-0.25, -0.2) is 4.39 Å². The summed E-state index contributed by atoms with van der Waals surface area (Å²) >= 11 is 3.28. The lowest BCUT2D eigenvalue weighted by Gasteiger charge is -2.34. The molecule has 18 heavy (non-hydrogen) atoms. The fraction of sp³-hybridized carbons (Fsp3) is 0.571. The molecule has 2 nitrogen and oxygen atoms in total. The normalized spacial score (nSPS) is 15.5. The maximum Gasteiger partial charge on any atom is 0.129 e. The maximum absolute atomic E-state index is 13.8. The van der Waals surface area contributed by atoms with Crippen LogP contribution in [-0.2, 0) is 4.74 Å². The zero-order chi connectivity index (χ0) is 13.9. The van der Waals surface area contributed by atoms with Gasteiger partial charge in [-0.05, 0) is 30.5 Å². The molecule has 1 rings (SSSR count). The van der Waals surface area contributed by atoms with Gasteiger partial charge in [0.25, 0.3) is 0 Å². The van der Waals surface area contributed by atoms with E-state index in [4.69, 9.17) is 4.74 Å². The molecule has 1 aromatic rings. The van der Waals surface area contributed by atoms with Crippen molar-refractivity contribution in [1.29, 1.82) is 0 Å². The van der Waals surface area contributed by atoms with Crippen LogP contribution in [0.4, 0.5) is 4.39 Å². The highest BCUT2D eigenvalue weighted by Gasteiger charge is 2.34. The molecule has 0 heterocycles. The van der Waals surface area contributed by atoms with Gasteiger partial charge in [0.1, 0.15) is 11.9 Å². The van der Waals surface area contributed by atoms with Crippen molar-refractivity contribution in [3.8, 4) is 0 Å². The van der Waals surface area contributed by atoms with Gasteiger partial charge in [0, 0.05) is 16.6 Å². The summed E-state index contributed by atoms with van der Waals surface area (Å²) in [6.45, 7) is 8.24. The number of benzene rings is 1. The van der Waals surface area contributed by atoms with Gasteiger partial charge in [-0.2, -0.15) is 0 Å². The first-order chi connectivity index (χ1) is 8.27. The minimum Gasteiger partial charge on any atom is -0.386 e. The number of aliphatic hydroxyl groups is 1. The van der Waals surface area contributed by atoms with Crippen LogP contribution in [0, 0.1) is 11.2 Å². The summed E-state index contributed by atoms with van der Waals surface area (Å²) in [5.74, 6) is -0.417. The van der Waals surface area contributed by atoms with Crippen molar-refractivity contribution in [2.75, 3.05) is 6.61 Å². The fourth-order valence-electron chi connectivity index (χ4n) is 1.90. The Balaban J connectivity index is 3.09. The molecule has 0 aliphatic carbocycles. The second-order valence-electron chi connectivity index (χ2n) is 5.35. The van der Waals surface area contributed by atoms with Crippen LogP contribution in [0.2, 0.25) is 0 Å². The summed E-state index contributed by atoms with van der Waals surface area (Å²) in [4.78, 5) is 0. The average Bonchev–Trinajstić information content (AvgIpc) is 2.27. The SMILES string of the molecule is CCOC(C(O)c1cc(Br)ccc1F)C(C)(C)C. The monoisotopic (exact) mass is 318 g/mol. The van der Waals surface area contributed by atoms with Crippen molar-refractivity contribution in [1.82, 2.24) is 0 Å². The molecule has 0 aliphatic heterocycles. The molecule has 0 radical (unpaired) electrons. The Hall–Kier alpha value is -0.450. The smallest absolute Gasteiger partial charge is 0.129 e. The molecule has 4 heteroatoms. The summed E-state index contributed by atoms with van der Waals surface area (Å²) in [7, 11) is 0. The fourth-order valence-corrected chi connectivity index (χ4v) is 2.28. The van der Waals surface area contributed by atoms with Crippen molar-refractivity contribution in [3.63, 3.8) is 0 Å². The number of ether oxygens (including phenoxy) is 1. The van der Waals surface area contributed by atoms with Gasteiger partial charge >= 0.3 is 0 Å². The van der Waals surface area contributed by atoms with E-state index in [1.54, 1.807) is 12.1 Å². The topological polar surface area (TPSA) is 29.5 Å². The molecule has 0 fully saturated rings. The quantitative estimate of drug-likeness (QED) is 0.906. The lowest BCUT2D eigenvalue weighted by Crippen LogP contribution is -2.35. The van der Waals surface area contributed by atoms with Gasteiger partial charge in [0.2, 0.25) is 0 Å². The Morgan fingerprint density at radius 1 is 1.39 bits per heavy atom. The Bertz CT molecular complexity index is 401. The largest absolute Gasteiger partial charge is 0.386 e. The van der Waals surface area contributed by atoms with Crippen LogP contribution in [0.3, 0.4) is 0 Å². The second kappa shape index (κ2) is 6.13. The van der Waals surface area contributed by atoms with Gasteiger partial charge in [-0.3, -0.25) is 0 Å². The number of aliphatic hydroxyl groups excluding tert-OH is 1. The summed E-state index contributed by atoms with van der Waals surface area (Å²) in [6.07, 6.45) is -1.44. The zero-order valence-corrected chi connectivity index (χ0v) is 12.8. The lowest BCUT2D eigenvalue weighted by atomic mass is 9.83. The van der Waals surface area contributed by atoms with Gasteiger partial charge < -0.3 is 9.84 Å². The highest BCUT2D eigenvalue weighted by molar-refractivity contribution is 9.10. The Morgan fingerprint density at radius 3 is 2.50 bits per heavy atom. The average molecular weight is 319 g/mol. The van der Waals surface area contributed by atoms with Crippen LogP contribution in [0.5, 0.6) is 0 Å². The molecule has 0 saturated carbocycles. The number of rotatable bonds is 4. The number of halogens is 2. The van der Waals surface area contributed by atoms with Crippen LogP contribution >= 0.6 is 15.9 Å². The molecule has 0 aliphatic rings. The molecule has 0 saturated heterocycles. The maximum atomic E-state index is 13.8. The Labute approximate surface area is 116 Å². The van der Waals surface area contributed by atoms with E-state index in [0.717, 1.165) is 4.47 Å². The van der Waals surface area contributed by atoms with E-state index in [-0.39, 0.29) is 11.0 Å². The summed E-state index contributed by atoms with van der Waals surface area (Å²) in [6, 6.07) is 4.55. The summed E-state index contributed by atoms with van der Waals surface area (Å²) < 4.78 is 20.1. The van der Waals surface area contributed by atoms with Crippen LogP contribution in [0.15, 0.2) is 22.7 Å². The molecule has 0 spiro atoms. The zero-order valence-electron chi connectivity index (χ0n) is 11.2. The van der Waals surface area contributed by atoms with Crippen molar-refractivity contribution in [3.05, 3.63) is 34.1 Å². The highest BCUT2D eigenvalue weighted by Crippen LogP contribution is 2.34. The van der Waals surface area contributed by atoms with E-state index < -0.39 is 18.0 Å². The third kappa shape index (κ3) is 3.77. The van der Waals surface area contributed by atoms with Gasteiger partial charge in [0.15, 0.2) is 0 Å². The Morgan fingerprint density at radius 2 is 2.00 bits per heavy atom. The van der Waals surface area contributed by atoms with Crippen molar-refractivity contribution in [2.24, 2.45) is 5.41 Å². The second-order valence-corrected chi connectivity index (χ2v) is 6.27. The van der Waals surface area contributed by atoms with Crippen molar-refractivity contribution >= 4 is 15.9 Å². The lowest BCUT2D eigenvalue weighted by molar-refractivity contribution is -0.0909. The van der Waals surface area contributed by atoms with Crippen LogP contribution in [0.1, 0.15) is 39.4 Å². The molecule has 0 bridgehead atoms. The minimum atomic E-state index is -0.984. The van der Waals surface area contributed by atoms with Crippen LogP contribution < -0.4 is 0 Å². The first-order valence-corrected chi connectivity index (χ1v) is 6.81. The number of hydrogen-bond donors (Lipinski definition) is 1. The first kappa shape index (κ1) is 15.6. The highest BCUT2D eigenvalue weighted by atomic mass is 79.9. The molecule has 2 atom stereocenters. The van der Waals surface area contributed by atoms with Crippen molar-refractivity contribution in [2.45, 2.75) is 39.9 Å². The molecular formula is C14H20BrFO2. The Kier molecular flexibility index (Phi) is 5.32. The standard InChI is InChI=1S/C14H20BrFO2/c1-5-18-13(14(2,3)4)12(17)10-8-9(15)6-7-11(10)16/h6-8,12-13,17H,5H2,1-4H3. The molecule has 102 valence electrons. The molecule has 1 N–H and O–H groups in total.